The number of hydrogen-bond acceptors (Lipinski definition) is 0. The molecule has 0 spiro atoms. The highest BCUT2D eigenvalue weighted by molar-refractivity contribution is 5.33. The van der Waals surface area contributed by atoms with Gasteiger partial charge in [0.15, 0.2) is 0 Å². The number of rotatable bonds is 2. The Labute approximate surface area is 57.3 Å². The van der Waals surface area contributed by atoms with Gasteiger partial charge in [0, 0.05) is 0 Å². The fraction of sp³-hybridized carbons (Fsp3) is 0.556. The van der Waals surface area contributed by atoms with Gasteiger partial charge in [0.2, 0.25) is 0 Å². The first-order valence-corrected chi connectivity index (χ1v) is 3.67. The van der Waals surface area contributed by atoms with Gasteiger partial charge in [0.25, 0.3) is 0 Å². The third-order valence-corrected chi connectivity index (χ3v) is 1.79. The minimum Gasteiger partial charge on any atom is -0.0766 e. The van der Waals surface area contributed by atoms with E-state index in [4.69, 9.17) is 0 Å². The lowest BCUT2D eigenvalue weighted by atomic mass is 10.1. The van der Waals surface area contributed by atoms with Crippen molar-refractivity contribution in [3.8, 4) is 0 Å². The van der Waals surface area contributed by atoms with E-state index < -0.39 is 0 Å². The molecule has 0 unspecified atom stereocenters. The molecule has 1 rings (SSSR count). The fourth-order valence-electron chi connectivity index (χ4n) is 1.24. The second kappa shape index (κ2) is 2.86. The van der Waals surface area contributed by atoms with Crippen LogP contribution in [-0.2, 0) is 0 Å². The molecule has 0 saturated heterocycles. The van der Waals surface area contributed by atoms with Crippen molar-refractivity contribution < 1.29 is 0 Å². The zero-order valence-corrected chi connectivity index (χ0v) is 6.20. The monoisotopic (exact) mass is 121 g/mol. The van der Waals surface area contributed by atoms with Gasteiger partial charge in [-0.2, -0.15) is 0 Å². The van der Waals surface area contributed by atoms with Crippen LogP contribution in [0.2, 0.25) is 0 Å². The average Bonchev–Trinajstić information content (AvgIpc) is 2.33. The van der Waals surface area contributed by atoms with Gasteiger partial charge in [-0.25, -0.2) is 0 Å². The summed E-state index contributed by atoms with van der Waals surface area (Å²) in [6.07, 6.45) is 8.99. The summed E-state index contributed by atoms with van der Waals surface area (Å²) in [5.74, 6) is 0. The van der Waals surface area contributed by atoms with Crippen LogP contribution in [0.3, 0.4) is 0 Å². The summed E-state index contributed by atoms with van der Waals surface area (Å²) in [5, 5.41) is 0. The van der Waals surface area contributed by atoms with Crippen LogP contribution in [0.4, 0.5) is 0 Å². The molecule has 0 aromatic carbocycles. The summed E-state index contributed by atoms with van der Waals surface area (Å²) in [5.41, 5.74) is 2.95. The Morgan fingerprint density at radius 2 is 2.22 bits per heavy atom. The molecule has 1 aliphatic rings. The van der Waals surface area contributed by atoms with Crippen LogP contribution in [0.5, 0.6) is 0 Å². The summed E-state index contributed by atoms with van der Waals surface area (Å²) in [6.45, 7) is 4.39. The molecule has 0 heterocycles. The summed E-state index contributed by atoms with van der Waals surface area (Å²) in [7, 11) is 0. The Balaban J connectivity index is 2.62. The molecule has 0 amide bonds. The van der Waals surface area contributed by atoms with Crippen molar-refractivity contribution in [1.29, 1.82) is 0 Å². The van der Waals surface area contributed by atoms with Crippen LogP contribution >= 0.6 is 0 Å². The highest BCUT2D eigenvalue weighted by Gasteiger charge is 2.04. The normalized spacial score (nSPS) is 17.6. The van der Waals surface area contributed by atoms with Crippen LogP contribution in [0.15, 0.2) is 17.2 Å². The minimum absolute atomic E-state index is 1.05. The van der Waals surface area contributed by atoms with Crippen molar-refractivity contribution in [3.05, 3.63) is 23.3 Å². The van der Waals surface area contributed by atoms with Crippen molar-refractivity contribution in [2.45, 2.75) is 33.1 Å². The van der Waals surface area contributed by atoms with E-state index in [1.54, 1.807) is 0 Å². The van der Waals surface area contributed by atoms with Crippen molar-refractivity contribution in [2.24, 2.45) is 0 Å². The average molecular weight is 121 g/mol. The van der Waals surface area contributed by atoms with E-state index in [0.29, 0.717) is 0 Å². The molecular formula is C9H13. The largest absolute Gasteiger partial charge is 0.0766 e. The first-order chi connectivity index (χ1) is 4.38. The van der Waals surface area contributed by atoms with Gasteiger partial charge in [-0.15, -0.1) is 0 Å². The molecule has 0 fully saturated rings. The maximum absolute atomic E-state index is 3.33. The Morgan fingerprint density at radius 1 is 1.44 bits per heavy atom. The fourth-order valence-corrected chi connectivity index (χ4v) is 1.24. The van der Waals surface area contributed by atoms with Crippen molar-refractivity contribution in [1.82, 2.24) is 0 Å². The molecule has 0 aromatic heterocycles. The zero-order valence-electron chi connectivity index (χ0n) is 6.20. The van der Waals surface area contributed by atoms with Crippen LogP contribution in [0.1, 0.15) is 33.1 Å². The Bertz CT molecular complexity index is 131. The van der Waals surface area contributed by atoms with E-state index in [0.717, 1.165) is 12.8 Å². The van der Waals surface area contributed by atoms with Crippen LogP contribution in [-0.4, -0.2) is 0 Å². The summed E-state index contributed by atoms with van der Waals surface area (Å²) < 4.78 is 0. The van der Waals surface area contributed by atoms with E-state index >= 15 is 0 Å². The molecule has 0 nitrogen and oxygen atoms in total. The van der Waals surface area contributed by atoms with Gasteiger partial charge in [0.1, 0.15) is 0 Å². The Kier molecular flexibility index (Phi) is 2.10. The SMILES string of the molecule is CCC1=[C]CC=C1CC. The summed E-state index contributed by atoms with van der Waals surface area (Å²) >= 11 is 0. The third-order valence-electron chi connectivity index (χ3n) is 1.79. The van der Waals surface area contributed by atoms with Gasteiger partial charge in [0.05, 0.1) is 0 Å². The third kappa shape index (κ3) is 1.24. The van der Waals surface area contributed by atoms with Gasteiger partial charge in [-0.3, -0.25) is 0 Å². The molecule has 9 heavy (non-hydrogen) atoms. The Hall–Kier alpha value is -0.520. The van der Waals surface area contributed by atoms with Crippen molar-refractivity contribution in [3.63, 3.8) is 0 Å². The molecule has 0 aliphatic heterocycles. The molecular weight excluding hydrogens is 108 g/mol. The molecule has 1 radical (unpaired) electrons. The zero-order chi connectivity index (χ0) is 6.69. The predicted octanol–water partition coefficient (Wildman–Crippen LogP) is 2.87. The van der Waals surface area contributed by atoms with Gasteiger partial charge < -0.3 is 0 Å². The maximum atomic E-state index is 3.33. The van der Waals surface area contributed by atoms with Gasteiger partial charge in [-0.05, 0) is 36.5 Å². The first-order valence-electron chi connectivity index (χ1n) is 3.67. The standard InChI is InChI=1S/C9H13/c1-3-8-6-5-7-9(8)4-2/h6H,3-5H2,1-2H3. The Morgan fingerprint density at radius 3 is 2.67 bits per heavy atom. The molecule has 49 valence electrons. The molecule has 1 aliphatic carbocycles. The lowest BCUT2D eigenvalue weighted by molar-refractivity contribution is 1.03. The van der Waals surface area contributed by atoms with Gasteiger partial charge >= 0.3 is 0 Å². The van der Waals surface area contributed by atoms with Crippen LogP contribution in [0.25, 0.3) is 0 Å². The summed E-state index contributed by atoms with van der Waals surface area (Å²) in [6, 6.07) is 0. The topological polar surface area (TPSA) is 0 Å². The molecule has 0 aromatic rings. The predicted molar refractivity (Wildman–Crippen MR) is 40.0 cm³/mol. The van der Waals surface area contributed by atoms with E-state index in [-0.39, 0.29) is 0 Å². The second-order valence-electron chi connectivity index (χ2n) is 2.30. The van der Waals surface area contributed by atoms with Crippen LogP contribution in [0, 0.1) is 6.08 Å². The number of hydrogen-bond donors (Lipinski definition) is 0. The molecule has 0 bridgehead atoms. The quantitative estimate of drug-likeness (QED) is 0.527. The number of allylic oxidation sites excluding steroid dienone is 4. The van der Waals surface area contributed by atoms with Gasteiger partial charge in [-0.1, -0.05) is 19.9 Å². The lowest BCUT2D eigenvalue weighted by Crippen LogP contribution is -1.80. The minimum atomic E-state index is 1.05. The highest BCUT2D eigenvalue weighted by atomic mass is 14.1. The van der Waals surface area contributed by atoms with Crippen molar-refractivity contribution in [2.75, 3.05) is 0 Å². The first kappa shape index (κ1) is 6.60. The molecule has 0 heteroatoms. The second-order valence-corrected chi connectivity index (χ2v) is 2.30. The highest BCUT2D eigenvalue weighted by Crippen LogP contribution is 2.23. The summed E-state index contributed by atoms with van der Waals surface area (Å²) in [4.78, 5) is 0. The molecule has 0 N–H and O–H groups in total. The van der Waals surface area contributed by atoms with E-state index in [2.05, 4.69) is 26.0 Å². The van der Waals surface area contributed by atoms with E-state index in [1.807, 2.05) is 0 Å². The van der Waals surface area contributed by atoms with Crippen LogP contribution < -0.4 is 0 Å². The maximum Gasteiger partial charge on any atom is -0.00857 e. The van der Waals surface area contributed by atoms with Crippen molar-refractivity contribution >= 4 is 0 Å². The van der Waals surface area contributed by atoms with E-state index in [9.17, 15) is 0 Å². The molecule has 0 saturated carbocycles. The molecule has 0 atom stereocenters. The van der Waals surface area contributed by atoms with E-state index in [1.165, 1.54) is 17.6 Å². The lowest BCUT2D eigenvalue weighted by Gasteiger charge is -1.99. The smallest absolute Gasteiger partial charge is 0.00857 e.